The SMILES string of the molecule is CC(C)(C)c1ccccc1I(OS(=O)(=O)c1ccc(C#N)cc1)c1ccccc1C(C)(C)C. The summed E-state index contributed by atoms with van der Waals surface area (Å²) in [5, 5.41) is 9.06. The number of nitriles is 1. The fourth-order valence-electron chi connectivity index (χ4n) is 3.43. The third kappa shape index (κ3) is 5.84. The minimum atomic E-state index is -4.05. The molecule has 3 rings (SSSR count). The fraction of sp³-hybridized carbons (Fsp3) is 0.296. The maximum atomic E-state index is 13.4. The number of rotatable bonds is 5. The zero-order valence-corrected chi connectivity index (χ0v) is 22.9. The monoisotopic (exact) mass is 575 g/mol. The minimum absolute atomic E-state index is 0.0604. The first-order valence-electron chi connectivity index (χ1n) is 10.7. The molecule has 3 aromatic rings. The molecule has 0 fully saturated rings. The third-order valence-electron chi connectivity index (χ3n) is 5.15. The van der Waals surface area contributed by atoms with Crippen LogP contribution in [0.3, 0.4) is 0 Å². The van der Waals surface area contributed by atoms with E-state index in [1.807, 2.05) is 42.5 Å². The molecule has 0 spiro atoms. The van der Waals surface area contributed by atoms with Gasteiger partial charge in [-0.05, 0) is 0 Å². The summed E-state index contributed by atoms with van der Waals surface area (Å²) >= 11 is -2.94. The second-order valence-corrected chi connectivity index (χ2v) is 16.2. The van der Waals surface area contributed by atoms with Crippen LogP contribution in [0.2, 0.25) is 0 Å². The van der Waals surface area contributed by atoms with Crippen molar-refractivity contribution >= 4 is 30.4 Å². The van der Waals surface area contributed by atoms with E-state index in [0.29, 0.717) is 5.56 Å². The normalized spacial score (nSPS) is 12.8. The van der Waals surface area contributed by atoms with Crippen molar-refractivity contribution in [3.63, 3.8) is 0 Å². The molecule has 0 bridgehead atoms. The van der Waals surface area contributed by atoms with Gasteiger partial charge in [-0.1, -0.05) is 0 Å². The van der Waals surface area contributed by atoms with Gasteiger partial charge in [-0.2, -0.15) is 0 Å². The maximum absolute atomic E-state index is 13.4. The Labute approximate surface area is 205 Å². The van der Waals surface area contributed by atoms with Gasteiger partial charge in [-0.3, -0.25) is 0 Å². The van der Waals surface area contributed by atoms with Crippen molar-refractivity contribution in [2.45, 2.75) is 57.3 Å². The van der Waals surface area contributed by atoms with E-state index >= 15 is 0 Å². The van der Waals surface area contributed by atoms with Crippen molar-refractivity contribution in [3.05, 3.63) is 96.6 Å². The van der Waals surface area contributed by atoms with E-state index in [2.05, 4.69) is 53.7 Å². The number of hydrogen-bond donors (Lipinski definition) is 0. The van der Waals surface area contributed by atoms with Gasteiger partial charge < -0.3 is 0 Å². The Hall–Kier alpha value is -2.21. The molecule has 0 aliphatic heterocycles. The Bertz CT molecular complexity index is 1220. The standard InChI is InChI=1S/C27H30INO3S/c1-26(2,3)22-11-7-9-13-24(22)28(25-14-10-8-12-23(25)27(4,5)6)32-33(30,31)21-17-15-20(19-29)16-18-21/h7-18H,1-6H3. The van der Waals surface area contributed by atoms with E-state index in [0.717, 1.165) is 18.3 Å². The van der Waals surface area contributed by atoms with Crippen LogP contribution in [0.25, 0.3) is 0 Å². The third-order valence-corrected chi connectivity index (χ3v) is 12.8. The summed E-state index contributed by atoms with van der Waals surface area (Å²) in [6.45, 7) is 12.8. The molecule has 0 aromatic heterocycles. The van der Waals surface area contributed by atoms with Gasteiger partial charge in [0.05, 0.1) is 0 Å². The molecule has 0 unspecified atom stereocenters. The first-order chi connectivity index (χ1) is 15.3. The van der Waals surface area contributed by atoms with Gasteiger partial charge in [-0.15, -0.1) is 0 Å². The molecule has 6 heteroatoms. The predicted octanol–water partition coefficient (Wildman–Crippen LogP) is 7.02. The van der Waals surface area contributed by atoms with E-state index in [1.54, 1.807) is 0 Å². The number of nitrogens with zero attached hydrogens (tertiary/aromatic N) is 1. The van der Waals surface area contributed by atoms with Crippen LogP contribution in [0.1, 0.15) is 58.2 Å². The first kappa shape index (κ1) is 25.4. The zero-order chi connectivity index (χ0) is 24.4. The molecule has 4 nitrogen and oxygen atoms in total. The van der Waals surface area contributed by atoms with Crippen LogP contribution in [0.4, 0.5) is 0 Å². The van der Waals surface area contributed by atoms with Crippen molar-refractivity contribution in [2.24, 2.45) is 0 Å². The van der Waals surface area contributed by atoms with Gasteiger partial charge in [0.15, 0.2) is 0 Å². The average Bonchev–Trinajstić information content (AvgIpc) is 2.76. The molecular weight excluding hydrogens is 545 g/mol. The summed E-state index contributed by atoms with van der Waals surface area (Å²) < 4.78 is 35.0. The molecule has 0 atom stereocenters. The molecule has 0 aliphatic carbocycles. The molecule has 3 aromatic carbocycles. The Kier molecular flexibility index (Phi) is 7.37. The fourth-order valence-corrected chi connectivity index (χ4v) is 12.2. The van der Waals surface area contributed by atoms with Crippen LogP contribution in [-0.2, 0) is 23.5 Å². The Morgan fingerprint density at radius 3 is 1.55 bits per heavy atom. The summed E-state index contributed by atoms with van der Waals surface area (Å²) in [6, 6.07) is 23.9. The second-order valence-electron chi connectivity index (χ2n) is 9.86. The number of halogens is 1. The van der Waals surface area contributed by atoms with Crippen molar-refractivity contribution in [1.82, 2.24) is 0 Å². The van der Waals surface area contributed by atoms with Crippen LogP contribution in [0.5, 0.6) is 0 Å². The topological polar surface area (TPSA) is 67.2 Å². The summed E-state index contributed by atoms with van der Waals surface area (Å²) in [5.74, 6) is 0. The van der Waals surface area contributed by atoms with E-state index < -0.39 is 30.4 Å². The van der Waals surface area contributed by atoms with Gasteiger partial charge in [-0.25, -0.2) is 0 Å². The van der Waals surface area contributed by atoms with Gasteiger partial charge in [0, 0.05) is 0 Å². The van der Waals surface area contributed by atoms with Crippen LogP contribution >= 0.6 is 20.2 Å². The van der Waals surface area contributed by atoms with E-state index in [4.69, 9.17) is 7.77 Å². The predicted molar refractivity (Wildman–Crippen MR) is 141 cm³/mol. The summed E-state index contributed by atoms with van der Waals surface area (Å²) in [4.78, 5) is 0.0604. The average molecular weight is 576 g/mol. The number of hydrogen-bond acceptors (Lipinski definition) is 4. The molecule has 0 heterocycles. The zero-order valence-electron chi connectivity index (χ0n) is 19.9. The quantitative estimate of drug-likeness (QED) is 0.307. The van der Waals surface area contributed by atoms with Crippen molar-refractivity contribution < 1.29 is 10.9 Å². The molecular formula is C27H30INO3S. The van der Waals surface area contributed by atoms with E-state index in [1.165, 1.54) is 24.3 Å². The van der Waals surface area contributed by atoms with E-state index in [9.17, 15) is 8.42 Å². The molecule has 0 amide bonds. The Balaban J connectivity index is 2.23. The first-order valence-corrected chi connectivity index (χ1v) is 15.1. The van der Waals surface area contributed by atoms with Crippen LogP contribution in [0, 0.1) is 18.5 Å². The molecule has 0 aliphatic rings. The Morgan fingerprint density at radius 2 is 1.15 bits per heavy atom. The molecule has 0 radical (unpaired) electrons. The summed E-state index contributed by atoms with van der Waals surface area (Å²) in [6.07, 6.45) is 0. The van der Waals surface area contributed by atoms with Crippen molar-refractivity contribution in [3.8, 4) is 6.07 Å². The van der Waals surface area contributed by atoms with Crippen molar-refractivity contribution in [2.75, 3.05) is 0 Å². The van der Waals surface area contributed by atoms with Crippen LogP contribution in [-0.4, -0.2) is 8.42 Å². The van der Waals surface area contributed by atoms with Gasteiger partial charge in [0.2, 0.25) is 0 Å². The van der Waals surface area contributed by atoms with Crippen molar-refractivity contribution in [1.29, 1.82) is 5.26 Å². The molecule has 174 valence electrons. The molecule has 0 saturated carbocycles. The van der Waals surface area contributed by atoms with Gasteiger partial charge >= 0.3 is 207 Å². The molecule has 0 N–H and O–H groups in total. The Morgan fingerprint density at radius 1 is 0.727 bits per heavy atom. The second kappa shape index (κ2) is 9.57. The number of benzene rings is 3. The van der Waals surface area contributed by atoms with Gasteiger partial charge in [0.25, 0.3) is 0 Å². The summed E-state index contributed by atoms with van der Waals surface area (Å²) in [7, 11) is -4.05. The molecule has 33 heavy (non-hydrogen) atoms. The molecule has 0 saturated heterocycles. The van der Waals surface area contributed by atoms with Gasteiger partial charge in [0.1, 0.15) is 0 Å². The van der Waals surface area contributed by atoms with Crippen LogP contribution in [0.15, 0.2) is 77.7 Å². The summed E-state index contributed by atoms with van der Waals surface area (Å²) in [5.41, 5.74) is 2.23. The van der Waals surface area contributed by atoms with E-state index in [-0.39, 0.29) is 15.7 Å². The van der Waals surface area contributed by atoms with Crippen LogP contribution < -0.4 is 0 Å².